The predicted molar refractivity (Wildman–Crippen MR) is 96.4 cm³/mol. The Morgan fingerprint density at radius 2 is 2.04 bits per heavy atom. The standard InChI is InChI=1S/C15H21ClN6O.ClH/c1-4-13(15(23)21(3)10-9-17-2)22-19-14(18-20-22)11-5-7-12(16)8-6-11;/h5-8,13,17H,4,9-10H2,1-3H3;1H. The van der Waals surface area contributed by atoms with E-state index in [2.05, 4.69) is 20.7 Å². The summed E-state index contributed by atoms with van der Waals surface area (Å²) in [6.07, 6.45) is 0.596. The molecule has 0 fully saturated rings. The fraction of sp³-hybridized carbons (Fsp3) is 0.467. The van der Waals surface area contributed by atoms with Crippen LogP contribution < -0.4 is 5.32 Å². The number of nitrogens with one attached hydrogen (secondary N) is 1. The molecule has 24 heavy (non-hydrogen) atoms. The summed E-state index contributed by atoms with van der Waals surface area (Å²) in [6.45, 7) is 3.30. The fourth-order valence-corrected chi connectivity index (χ4v) is 2.28. The van der Waals surface area contributed by atoms with Crippen molar-refractivity contribution in [3.8, 4) is 11.4 Å². The van der Waals surface area contributed by atoms with Crippen LogP contribution in [0.5, 0.6) is 0 Å². The van der Waals surface area contributed by atoms with E-state index >= 15 is 0 Å². The third-order valence-electron chi connectivity index (χ3n) is 3.55. The first-order valence-electron chi connectivity index (χ1n) is 7.51. The highest BCUT2D eigenvalue weighted by atomic mass is 35.5. The number of benzene rings is 1. The first-order valence-corrected chi connectivity index (χ1v) is 7.89. The van der Waals surface area contributed by atoms with Crippen LogP contribution in [0.25, 0.3) is 11.4 Å². The Morgan fingerprint density at radius 1 is 1.38 bits per heavy atom. The number of aromatic nitrogens is 4. The van der Waals surface area contributed by atoms with Crippen molar-refractivity contribution in [1.29, 1.82) is 0 Å². The largest absolute Gasteiger partial charge is 0.343 e. The average molecular weight is 373 g/mol. The van der Waals surface area contributed by atoms with Gasteiger partial charge in [0.25, 0.3) is 0 Å². The molecule has 2 aromatic rings. The summed E-state index contributed by atoms with van der Waals surface area (Å²) < 4.78 is 0. The van der Waals surface area contributed by atoms with Crippen molar-refractivity contribution in [3.63, 3.8) is 0 Å². The number of rotatable bonds is 7. The summed E-state index contributed by atoms with van der Waals surface area (Å²) in [5, 5.41) is 16.1. The van der Waals surface area contributed by atoms with Crippen molar-refractivity contribution >= 4 is 29.9 Å². The van der Waals surface area contributed by atoms with Crippen LogP contribution >= 0.6 is 24.0 Å². The van der Waals surface area contributed by atoms with Crippen LogP contribution in [0.1, 0.15) is 19.4 Å². The Kier molecular flexibility index (Phi) is 8.10. The molecule has 1 aromatic heterocycles. The lowest BCUT2D eigenvalue weighted by molar-refractivity contribution is -0.134. The summed E-state index contributed by atoms with van der Waals surface area (Å²) >= 11 is 5.88. The molecule has 9 heteroatoms. The van der Waals surface area contributed by atoms with E-state index < -0.39 is 6.04 Å². The van der Waals surface area contributed by atoms with E-state index in [1.807, 2.05) is 26.1 Å². The van der Waals surface area contributed by atoms with Crippen molar-refractivity contribution < 1.29 is 4.79 Å². The molecule has 1 aromatic carbocycles. The van der Waals surface area contributed by atoms with E-state index in [1.54, 1.807) is 24.1 Å². The zero-order valence-electron chi connectivity index (χ0n) is 13.9. The highest BCUT2D eigenvalue weighted by molar-refractivity contribution is 6.30. The summed E-state index contributed by atoms with van der Waals surface area (Å²) in [5.74, 6) is 0.452. The van der Waals surface area contributed by atoms with Gasteiger partial charge in [-0.2, -0.15) is 4.80 Å². The highest BCUT2D eigenvalue weighted by Gasteiger charge is 2.24. The maximum atomic E-state index is 12.5. The summed E-state index contributed by atoms with van der Waals surface area (Å²) in [4.78, 5) is 15.6. The molecular weight excluding hydrogens is 351 g/mol. The molecule has 0 radical (unpaired) electrons. The van der Waals surface area contributed by atoms with Gasteiger partial charge in [0.2, 0.25) is 11.7 Å². The Morgan fingerprint density at radius 3 is 2.62 bits per heavy atom. The third kappa shape index (κ3) is 4.90. The molecule has 1 unspecified atom stereocenters. The molecule has 0 bridgehead atoms. The van der Waals surface area contributed by atoms with E-state index in [0.29, 0.717) is 23.8 Å². The maximum Gasteiger partial charge on any atom is 0.249 e. The quantitative estimate of drug-likeness (QED) is 0.804. The number of likely N-dealkylation sites (N-methyl/N-ethyl adjacent to an activating group) is 2. The summed E-state index contributed by atoms with van der Waals surface area (Å²) in [5.41, 5.74) is 0.812. The van der Waals surface area contributed by atoms with Crippen LogP contribution in [0.2, 0.25) is 5.02 Å². The minimum absolute atomic E-state index is 0. The Bertz CT molecular complexity index is 646. The number of halogens is 2. The molecule has 0 saturated carbocycles. The van der Waals surface area contributed by atoms with E-state index in [4.69, 9.17) is 11.6 Å². The molecule has 0 spiro atoms. The number of amides is 1. The molecule has 1 atom stereocenters. The zero-order valence-corrected chi connectivity index (χ0v) is 15.5. The second-order valence-corrected chi connectivity index (χ2v) is 5.66. The van der Waals surface area contributed by atoms with Gasteiger partial charge in [0.05, 0.1) is 0 Å². The highest BCUT2D eigenvalue weighted by Crippen LogP contribution is 2.19. The minimum atomic E-state index is -0.453. The fourth-order valence-electron chi connectivity index (χ4n) is 2.15. The van der Waals surface area contributed by atoms with E-state index in [0.717, 1.165) is 12.1 Å². The average Bonchev–Trinajstić information content (AvgIpc) is 3.03. The van der Waals surface area contributed by atoms with E-state index in [-0.39, 0.29) is 18.3 Å². The second kappa shape index (κ2) is 9.56. The van der Waals surface area contributed by atoms with Gasteiger partial charge in [-0.05, 0) is 42.9 Å². The Balaban J connectivity index is 0.00000288. The topological polar surface area (TPSA) is 75.9 Å². The molecule has 2 rings (SSSR count). The monoisotopic (exact) mass is 372 g/mol. The van der Waals surface area contributed by atoms with Crippen molar-refractivity contribution in [2.45, 2.75) is 19.4 Å². The van der Waals surface area contributed by atoms with Gasteiger partial charge < -0.3 is 10.2 Å². The lowest BCUT2D eigenvalue weighted by Crippen LogP contribution is -2.38. The van der Waals surface area contributed by atoms with E-state index in [9.17, 15) is 4.79 Å². The van der Waals surface area contributed by atoms with Crippen LogP contribution in [0, 0.1) is 0 Å². The maximum absolute atomic E-state index is 12.5. The number of carbonyl (C=O) groups excluding carboxylic acids is 1. The predicted octanol–water partition coefficient (Wildman–Crippen LogP) is 2.04. The van der Waals surface area contributed by atoms with Crippen LogP contribution in [0.15, 0.2) is 24.3 Å². The molecule has 132 valence electrons. The van der Waals surface area contributed by atoms with Gasteiger partial charge in [0.1, 0.15) is 0 Å². The molecule has 1 heterocycles. The van der Waals surface area contributed by atoms with Crippen LogP contribution in [-0.4, -0.2) is 58.2 Å². The van der Waals surface area contributed by atoms with Crippen molar-refractivity contribution in [2.75, 3.05) is 27.2 Å². The van der Waals surface area contributed by atoms with Crippen molar-refractivity contribution in [2.24, 2.45) is 0 Å². The Labute approximate surface area is 152 Å². The number of carbonyl (C=O) groups is 1. The van der Waals surface area contributed by atoms with Gasteiger partial charge in [-0.1, -0.05) is 18.5 Å². The van der Waals surface area contributed by atoms with Gasteiger partial charge in [-0.15, -0.1) is 22.6 Å². The first kappa shape index (κ1) is 20.3. The minimum Gasteiger partial charge on any atom is -0.343 e. The number of nitrogens with zero attached hydrogens (tertiary/aromatic N) is 5. The number of hydrogen-bond acceptors (Lipinski definition) is 5. The first-order chi connectivity index (χ1) is 11.1. The van der Waals surface area contributed by atoms with Gasteiger partial charge in [-0.25, -0.2) is 0 Å². The summed E-state index contributed by atoms with van der Waals surface area (Å²) in [7, 11) is 3.63. The number of hydrogen-bond donors (Lipinski definition) is 1. The molecule has 1 N–H and O–H groups in total. The SMILES string of the molecule is CCC(C(=O)N(C)CCNC)n1nnc(-c2ccc(Cl)cc2)n1.Cl. The second-order valence-electron chi connectivity index (χ2n) is 5.23. The molecule has 7 nitrogen and oxygen atoms in total. The van der Waals surface area contributed by atoms with Gasteiger partial charge in [-0.3, -0.25) is 4.79 Å². The lowest BCUT2D eigenvalue weighted by atomic mass is 10.2. The van der Waals surface area contributed by atoms with Crippen LogP contribution in [0.3, 0.4) is 0 Å². The van der Waals surface area contributed by atoms with Crippen molar-refractivity contribution in [3.05, 3.63) is 29.3 Å². The van der Waals surface area contributed by atoms with Crippen molar-refractivity contribution in [1.82, 2.24) is 30.4 Å². The molecular formula is C15H22Cl2N6O. The molecule has 0 aliphatic carbocycles. The number of tetrazole rings is 1. The smallest absolute Gasteiger partial charge is 0.249 e. The van der Waals surface area contributed by atoms with Crippen LogP contribution in [-0.2, 0) is 4.79 Å². The van der Waals surface area contributed by atoms with E-state index in [1.165, 1.54) is 4.80 Å². The molecule has 0 aliphatic rings. The molecule has 1 amide bonds. The molecule has 0 aliphatic heterocycles. The van der Waals surface area contributed by atoms with Gasteiger partial charge >= 0.3 is 0 Å². The third-order valence-corrected chi connectivity index (χ3v) is 3.81. The van der Waals surface area contributed by atoms with Crippen LogP contribution in [0.4, 0.5) is 0 Å². The van der Waals surface area contributed by atoms with Gasteiger partial charge in [0, 0.05) is 30.7 Å². The van der Waals surface area contributed by atoms with Gasteiger partial charge in [0.15, 0.2) is 6.04 Å². The summed E-state index contributed by atoms with van der Waals surface area (Å²) in [6, 6.07) is 6.74. The normalized spacial score (nSPS) is 11.7. The zero-order chi connectivity index (χ0) is 16.8. The lowest BCUT2D eigenvalue weighted by Gasteiger charge is -2.21. The molecule has 0 saturated heterocycles. The Hall–Kier alpha value is -1.70.